The van der Waals surface area contributed by atoms with Gasteiger partial charge < -0.3 is 10.4 Å². The molecule has 118 valence electrons. The highest BCUT2D eigenvalue weighted by Crippen LogP contribution is 2.36. The smallest absolute Gasteiger partial charge is 0.418 e. The van der Waals surface area contributed by atoms with E-state index in [1.54, 1.807) is 6.07 Å². The summed E-state index contributed by atoms with van der Waals surface area (Å²) in [5.41, 5.74) is -2.15. The Morgan fingerprint density at radius 1 is 1.22 bits per heavy atom. The number of anilines is 1. The van der Waals surface area contributed by atoms with Crippen LogP contribution in [0.5, 0.6) is 5.75 Å². The fourth-order valence-corrected chi connectivity index (χ4v) is 2.01. The van der Waals surface area contributed by atoms with Crippen LogP contribution in [0.4, 0.5) is 18.9 Å². The van der Waals surface area contributed by atoms with Crippen molar-refractivity contribution in [1.29, 1.82) is 5.26 Å². The maximum atomic E-state index is 13.0. The normalized spacial score (nSPS) is 10.9. The minimum Gasteiger partial charge on any atom is -0.507 e. The lowest BCUT2D eigenvalue weighted by Gasteiger charge is -2.14. The van der Waals surface area contributed by atoms with Crippen LogP contribution >= 0.6 is 11.6 Å². The van der Waals surface area contributed by atoms with Gasteiger partial charge in [-0.05, 0) is 36.4 Å². The molecule has 0 bridgehead atoms. The molecular weight excluding hydrogens is 333 g/mol. The highest BCUT2D eigenvalue weighted by Gasteiger charge is 2.34. The Morgan fingerprint density at radius 3 is 2.52 bits per heavy atom. The summed E-state index contributed by atoms with van der Waals surface area (Å²) in [7, 11) is 0. The minimum atomic E-state index is -4.76. The zero-order valence-corrected chi connectivity index (χ0v) is 12.0. The molecule has 2 N–H and O–H groups in total. The van der Waals surface area contributed by atoms with Crippen LogP contribution in [0.25, 0.3) is 0 Å². The molecule has 8 heteroatoms. The second kappa shape index (κ2) is 6.18. The van der Waals surface area contributed by atoms with Gasteiger partial charge in [-0.2, -0.15) is 18.4 Å². The van der Waals surface area contributed by atoms with E-state index in [9.17, 15) is 23.1 Å². The number of phenolic OH excluding ortho intramolecular Hbond substituents is 1. The van der Waals surface area contributed by atoms with E-state index in [0.717, 1.165) is 24.3 Å². The van der Waals surface area contributed by atoms with Crippen molar-refractivity contribution in [1.82, 2.24) is 0 Å². The number of halogens is 4. The molecule has 0 aliphatic heterocycles. The first kappa shape index (κ1) is 16.6. The Hall–Kier alpha value is -2.72. The maximum Gasteiger partial charge on any atom is 0.418 e. The van der Waals surface area contributed by atoms with Gasteiger partial charge in [-0.15, -0.1) is 0 Å². The molecule has 4 nitrogen and oxygen atoms in total. The van der Waals surface area contributed by atoms with Gasteiger partial charge in [0, 0.05) is 5.02 Å². The average molecular weight is 341 g/mol. The van der Waals surface area contributed by atoms with Crippen LogP contribution in [-0.2, 0) is 6.18 Å². The van der Waals surface area contributed by atoms with Crippen LogP contribution in [0, 0.1) is 11.3 Å². The number of amides is 1. The fraction of sp³-hybridized carbons (Fsp3) is 0.0667. The zero-order chi connectivity index (χ0) is 17.2. The van der Waals surface area contributed by atoms with Gasteiger partial charge in [0.2, 0.25) is 0 Å². The fourth-order valence-electron chi connectivity index (χ4n) is 1.84. The molecule has 2 aromatic rings. The van der Waals surface area contributed by atoms with Gasteiger partial charge in [-0.3, -0.25) is 4.79 Å². The molecule has 0 saturated carbocycles. The van der Waals surface area contributed by atoms with Crippen LogP contribution in [0.1, 0.15) is 21.5 Å². The number of hydrogen-bond donors (Lipinski definition) is 2. The van der Waals surface area contributed by atoms with Crippen LogP contribution in [0.15, 0.2) is 36.4 Å². The quantitative estimate of drug-likeness (QED) is 0.861. The van der Waals surface area contributed by atoms with E-state index in [2.05, 4.69) is 5.32 Å². The first-order valence-electron chi connectivity index (χ1n) is 6.13. The third-order valence-electron chi connectivity index (χ3n) is 2.91. The minimum absolute atomic E-state index is 0.142. The lowest BCUT2D eigenvalue weighted by atomic mass is 10.1. The lowest BCUT2D eigenvalue weighted by molar-refractivity contribution is -0.136. The van der Waals surface area contributed by atoms with Crippen molar-refractivity contribution in [2.24, 2.45) is 0 Å². The zero-order valence-electron chi connectivity index (χ0n) is 11.3. The number of nitrogens with one attached hydrogen (secondary N) is 1. The number of aromatic hydroxyl groups is 1. The van der Waals surface area contributed by atoms with E-state index in [0.29, 0.717) is 6.07 Å². The van der Waals surface area contributed by atoms with Gasteiger partial charge in [0.1, 0.15) is 5.75 Å². The predicted molar refractivity (Wildman–Crippen MR) is 77.2 cm³/mol. The molecule has 23 heavy (non-hydrogen) atoms. The second-order valence-corrected chi connectivity index (χ2v) is 4.92. The summed E-state index contributed by atoms with van der Waals surface area (Å²) in [5.74, 6) is -1.38. The molecule has 0 fully saturated rings. The monoisotopic (exact) mass is 340 g/mol. The van der Waals surface area contributed by atoms with E-state index < -0.39 is 29.1 Å². The molecule has 0 spiro atoms. The largest absolute Gasteiger partial charge is 0.507 e. The van der Waals surface area contributed by atoms with Gasteiger partial charge in [0.25, 0.3) is 5.91 Å². The molecule has 0 heterocycles. The Bertz CT molecular complexity index is 813. The van der Waals surface area contributed by atoms with Gasteiger partial charge >= 0.3 is 6.18 Å². The number of carbonyl (C=O) groups is 1. The summed E-state index contributed by atoms with van der Waals surface area (Å²) in [6.07, 6.45) is -4.76. The maximum absolute atomic E-state index is 13.0. The number of alkyl halides is 3. The number of phenols is 1. The first-order chi connectivity index (χ1) is 10.7. The van der Waals surface area contributed by atoms with Gasteiger partial charge in [0.05, 0.1) is 28.4 Å². The van der Waals surface area contributed by atoms with E-state index >= 15 is 0 Å². The number of carbonyl (C=O) groups excluding carboxylic acids is 1. The molecule has 0 aliphatic rings. The Balaban J connectivity index is 2.42. The van der Waals surface area contributed by atoms with Crippen LogP contribution in [0.3, 0.4) is 0 Å². The highest BCUT2D eigenvalue weighted by molar-refractivity contribution is 6.31. The van der Waals surface area contributed by atoms with Crippen molar-refractivity contribution in [2.75, 3.05) is 5.32 Å². The van der Waals surface area contributed by atoms with Gasteiger partial charge in [-0.25, -0.2) is 0 Å². The molecule has 0 unspecified atom stereocenters. The molecule has 0 aromatic heterocycles. The summed E-state index contributed by atoms with van der Waals surface area (Å²) in [5, 5.41) is 20.5. The third-order valence-corrected chi connectivity index (χ3v) is 3.14. The summed E-state index contributed by atoms with van der Waals surface area (Å²) >= 11 is 5.70. The van der Waals surface area contributed by atoms with Crippen LogP contribution in [-0.4, -0.2) is 11.0 Å². The number of benzene rings is 2. The second-order valence-electron chi connectivity index (χ2n) is 4.49. The van der Waals surface area contributed by atoms with Crippen molar-refractivity contribution < 1.29 is 23.1 Å². The molecule has 2 aromatic carbocycles. The highest BCUT2D eigenvalue weighted by atomic mass is 35.5. The SMILES string of the molecule is N#Cc1ccc(NC(=O)c2cc(Cl)ccc2O)c(C(F)(F)F)c1. The van der Waals surface area contributed by atoms with E-state index in [4.69, 9.17) is 16.9 Å². The van der Waals surface area contributed by atoms with Crippen LogP contribution in [0.2, 0.25) is 5.02 Å². The number of nitrogens with zero attached hydrogens (tertiary/aromatic N) is 1. The first-order valence-corrected chi connectivity index (χ1v) is 6.51. The summed E-state index contributed by atoms with van der Waals surface area (Å²) in [6, 6.07) is 7.96. The predicted octanol–water partition coefficient (Wildman–Crippen LogP) is 4.19. The van der Waals surface area contributed by atoms with Crippen LogP contribution < -0.4 is 5.32 Å². The molecular formula is C15H8ClF3N2O2. The molecule has 0 aliphatic carbocycles. The Labute approximate surface area is 133 Å². The summed E-state index contributed by atoms with van der Waals surface area (Å²) in [4.78, 5) is 12.1. The molecule has 0 saturated heterocycles. The van der Waals surface area contributed by atoms with Crippen molar-refractivity contribution in [3.63, 3.8) is 0 Å². The lowest BCUT2D eigenvalue weighted by Crippen LogP contribution is -2.17. The van der Waals surface area contributed by atoms with E-state index in [-0.39, 0.29) is 16.1 Å². The molecule has 0 radical (unpaired) electrons. The van der Waals surface area contributed by atoms with Gasteiger partial charge in [0.15, 0.2) is 0 Å². The molecule has 2 rings (SSSR count). The summed E-state index contributed by atoms with van der Waals surface area (Å²) < 4.78 is 39.1. The number of nitriles is 1. The number of hydrogen-bond acceptors (Lipinski definition) is 3. The molecule has 1 amide bonds. The van der Waals surface area contributed by atoms with Crippen molar-refractivity contribution >= 4 is 23.2 Å². The van der Waals surface area contributed by atoms with E-state index in [1.165, 1.54) is 6.07 Å². The Kier molecular flexibility index (Phi) is 4.48. The molecule has 0 atom stereocenters. The standard InChI is InChI=1S/C15H8ClF3N2O2/c16-9-2-4-13(22)10(6-9)14(23)21-12-3-1-8(7-20)5-11(12)15(17,18)19/h1-6,22H,(H,21,23). The number of rotatable bonds is 2. The Morgan fingerprint density at radius 2 is 1.91 bits per heavy atom. The van der Waals surface area contributed by atoms with Crippen molar-refractivity contribution in [2.45, 2.75) is 6.18 Å². The average Bonchev–Trinajstić information content (AvgIpc) is 2.49. The third kappa shape index (κ3) is 3.73. The van der Waals surface area contributed by atoms with Crippen molar-refractivity contribution in [3.05, 3.63) is 58.1 Å². The topological polar surface area (TPSA) is 73.1 Å². The van der Waals surface area contributed by atoms with Gasteiger partial charge in [-0.1, -0.05) is 11.6 Å². The summed E-state index contributed by atoms with van der Waals surface area (Å²) in [6.45, 7) is 0. The van der Waals surface area contributed by atoms with Crippen molar-refractivity contribution in [3.8, 4) is 11.8 Å². The van der Waals surface area contributed by atoms with E-state index in [1.807, 2.05) is 0 Å².